The molecule has 0 radical (unpaired) electrons. The highest BCUT2D eigenvalue weighted by Crippen LogP contribution is 2.24. The number of ketones is 1. The number of carbonyl (C=O) groups excluding carboxylic acids is 1. The first-order chi connectivity index (χ1) is 13.1. The summed E-state index contributed by atoms with van der Waals surface area (Å²) in [7, 11) is 3.52. The van der Waals surface area contributed by atoms with Gasteiger partial charge in [0.1, 0.15) is 23.9 Å². The molecule has 0 N–H and O–H groups in total. The van der Waals surface area contributed by atoms with E-state index in [-0.39, 0.29) is 5.78 Å². The fraction of sp³-hybridized carbons (Fsp3) is 0.143. The molecule has 27 heavy (non-hydrogen) atoms. The average Bonchev–Trinajstić information content (AvgIpc) is 3.10. The fourth-order valence-corrected chi connectivity index (χ4v) is 2.87. The van der Waals surface area contributed by atoms with Crippen molar-refractivity contribution in [2.24, 2.45) is 7.05 Å². The van der Waals surface area contributed by atoms with Gasteiger partial charge in [-0.3, -0.25) is 4.79 Å². The number of rotatable bonds is 7. The van der Waals surface area contributed by atoms with Crippen LogP contribution in [0.4, 0.5) is 0 Å². The lowest BCUT2D eigenvalue weighted by Gasteiger charge is -2.07. The van der Waals surface area contributed by atoms with Crippen molar-refractivity contribution in [1.82, 2.24) is 9.55 Å². The van der Waals surface area contributed by atoms with Crippen LogP contribution in [-0.2, 0) is 13.7 Å². The van der Waals surface area contributed by atoms with E-state index in [2.05, 4.69) is 20.9 Å². The third-order valence-electron chi connectivity index (χ3n) is 4.03. The number of aryl methyl sites for hydroxylation is 1. The zero-order valence-corrected chi connectivity index (χ0v) is 16.6. The van der Waals surface area contributed by atoms with E-state index in [0.29, 0.717) is 23.7 Å². The second-order valence-electron chi connectivity index (χ2n) is 5.85. The Labute approximate surface area is 166 Å². The third-order valence-corrected chi connectivity index (χ3v) is 4.53. The highest BCUT2D eigenvalue weighted by Gasteiger charge is 2.06. The van der Waals surface area contributed by atoms with Crippen LogP contribution < -0.4 is 9.47 Å². The summed E-state index contributed by atoms with van der Waals surface area (Å²) in [6, 6.07) is 12.7. The van der Waals surface area contributed by atoms with Crippen LogP contribution in [0, 0.1) is 0 Å². The first kappa shape index (κ1) is 18.9. The molecule has 0 aliphatic carbocycles. The Bertz CT molecular complexity index is 962. The Morgan fingerprint density at radius 1 is 1.22 bits per heavy atom. The number of methoxy groups -OCH3 is 1. The molecule has 3 aromatic rings. The lowest BCUT2D eigenvalue weighted by molar-refractivity contribution is 0.104. The molecule has 0 unspecified atom stereocenters. The van der Waals surface area contributed by atoms with Crippen molar-refractivity contribution in [1.29, 1.82) is 0 Å². The van der Waals surface area contributed by atoms with Gasteiger partial charge in [-0.1, -0.05) is 15.9 Å². The van der Waals surface area contributed by atoms with Crippen molar-refractivity contribution in [2.75, 3.05) is 7.11 Å². The molecular weight excluding hydrogens is 408 g/mol. The molecule has 0 saturated carbocycles. The van der Waals surface area contributed by atoms with E-state index >= 15 is 0 Å². The third kappa shape index (κ3) is 4.86. The predicted molar refractivity (Wildman–Crippen MR) is 108 cm³/mol. The number of benzene rings is 2. The summed E-state index contributed by atoms with van der Waals surface area (Å²) in [5.74, 6) is 2.14. The Morgan fingerprint density at radius 2 is 2.00 bits per heavy atom. The molecule has 0 amide bonds. The van der Waals surface area contributed by atoms with Crippen molar-refractivity contribution in [2.45, 2.75) is 6.61 Å². The van der Waals surface area contributed by atoms with Gasteiger partial charge in [0.05, 0.1) is 7.11 Å². The minimum Gasteiger partial charge on any atom is -0.496 e. The van der Waals surface area contributed by atoms with Crippen LogP contribution in [0.2, 0.25) is 0 Å². The van der Waals surface area contributed by atoms with Crippen LogP contribution in [0.25, 0.3) is 6.08 Å². The number of carbonyl (C=O) groups is 1. The summed E-state index contributed by atoms with van der Waals surface area (Å²) in [5.41, 5.74) is 1.42. The molecule has 5 nitrogen and oxygen atoms in total. The summed E-state index contributed by atoms with van der Waals surface area (Å²) in [4.78, 5) is 16.6. The first-order valence-corrected chi connectivity index (χ1v) is 9.11. The first-order valence-electron chi connectivity index (χ1n) is 8.32. The Balaban J connectivity index is 1.65. The summed E-state index contributed by atoms with van der Waals surface area (Å²) >= 11 is 3.42. The molecule has 0 saturated heterocycles. The molecule has 6 heteroatoms. The zero-order valence-electron chi connectivity index (χ0n) is 15.1. The number of ether oxygens (including phenoxy) is 2. The monoisotopic (exact) mass is 426 g/mol. The summed E-state index contributed by atoms with van der Waals surface area (Å²) in [6.45, 7) is 0.374. The van der Waals surface area contributed by atoms with Crippen LogP contribution in [0.5, 0.6) is 11.5 Å². The summed E-state index contributed by atoms with van der Waals surface area (Å²) < 4.78 is 13.8. The van der Waals surface area contributed by atoms with Gasteiger partial charge in [0.2, 0.25) is 0 Å². The maximum atomic E-state index is 12.4. The summed E-state index contributed by atoms with van der Waals surface area (Å²) in [6.07, 6.45) is 6.88. The molecule has 2 aromatic carbocycles. The Kier molecular flexibility index (Phi) is 6.08. The van der Waals surface area contributed by atoms with E-state index in [1.54, 1.807) is 43.6 Å². The van der Waals surface area contributed by atoms with Gasteiger partial charge in [-0.05, 0) is 54.6 Å². The van der Waals surface area contributed by atoms with Crippen molar-refractivity contribution < 1.29 is 14.3 Å². The number of allylic oxidation sites excluding steroid dienone is 1. The molecule has 0 spiro atoms. The van der Waals surface area contributed by atoms with Gasteiger partial charge in [-0.25, -0.2) is 4.98 Å². The number of halogens is 1. The lowest BCUT2D eigenvalue weighted by Crippen LogP contribution is -2.03. The normalized spacial score (nSPS) is 10.9. The molecule has 138 valence electrons. The zero-order chi connectivity index (χ0) is 19.2. The molecular formula is C21H19BrN2O3. The predicted octanol–water partition coefficient (Wildman–Crippen LogP) is 4.67. The maximum Gasteiger partial charge on any atom is 0.185 e. The van der Waals surface area contributed by atoms with E-state index in [1.807, 2.05) is 36.0 Å². The fourth-order valence-electron chi connectivity index (χ4n) is 2.50. The highest BCUT2D eigenvalue weighted by molar-refractivity contribution is 9.10. The number of nitrogens with zero attached hydrogens (tertiary/aromatic N) is 2. The van der Waals surface area contributed by atoms with Gasteiger partial charge in [-0.15, -0.1) is 0 Å². The van der Waals surface area contributed by atoms with E-state index in [9.17, 15) is 4.79 Å². The minimum absolute atomic E-state index is 0.0901. The molecule has 0 fully saturated rings. The van der Waals surface area contributed by atoms with E-state index in [4.69, 9.17) is 9.47 Å². The SMILES string of the molecule is COc1ccc(Br)cc1/C=C/C(=O)c1ccc(OCc2nccn2C)cc1. The van der Waals surface area contributed by atoms with Gasteiger partial charge < -0.3 is 14.0 Å². The number of hydrogen-bond donors (Lipinski definition) is 0. The average molecular weight is 427 g/mol. The van der Waals surface area contributed by atoms with Crippen LogP contribution in [0.3, 0.4) is 0 Å². The number of aromatic nitrogens is 2. The van der Waals surface area contributed by atoms with Gasteiger partial charge in [0.25, 0.3) is 0 Å². The smallest absolute Gasteiger partial charge is 0.185 e. The van der Waals surface area contributed by atoms with Gasteiger partial charge in [-0.2, -0.15) is 0 Å². The van der Waals surface area contributed by atoms with Crippen molar-refractivity contribution in [3.63, 3.8) is 0 Å². The molecule has 1 heterocycles. The Morgan fingerprint density at radius 3 is 2.67 bits per heavy atom. The topological polar surface area (TPSA) is 53.4 Å². The molecule has 1 aromatic heterocycles. The number of imidazole rings is 1. The number of hydrogen-bond acceptors (Lipinski definition) is 4. The van der Waals surface area contributed by atoms with E-state index in [1.165, 1.54) is 6.08 Å². The molecule has 0 aliphatic heterocycles. The van der Waals surface area contributed by atoms with Gasteiger partial charge in [0.15, 0.2) is 5.78 Å². The van der Waals surface area contributed by atoms with Crippen LogP contribution in [0.15, 0.2) is 65.4 Å². The molecule has 0 atom stereocenters. The van der Waals surface area contributed by atoms with Crippen molar-refractivity contribution in [3.8, 4) is 11.5 Å². The molecule has 3 rings (SSSR count). The van der Waals surface area contributed by atoms with Gasteiger partial charge >= 0.3 is 0 Å². The van der Waals surface area contributed by atoms with Crippen LogP contribution in [0.1, 0.15) is 21.7 Å². The lowest BCUT2D eigenvalue weighted by atomic mass is 10.1. The molecule has 0 aliphatic rings. The largest absolute Gasteiger partial charge is 0.496 e. The Hall–Kier alpha value is -2.86. The van der Waals surface area contributed by atoms with E-state index < -0.39 is 0 Å². The molecule has 0 bridgehead atoms. The van der Waals surface area contributed by atoms with Crippen molar-refractivity contribution >= 4 is 27.8 Å². The highest BCUT2D eigenvalue weighted by atomic mass is 79.9. The second kappa shape index (κ2) is 8.68. The minimum atomic E-state index is -0.0901. The van der Waals surface area contributed by atoms with Crippen LogP contribution in [-0.4, -0.2) is 22.4 Å². The van der Waals surface area contributed by atoms with Crippen molar-refractivity contribution in [3.05, 3.63) is 82.4 Å². The quantitative estimate of drug-likeness (QED) is 0.406. The van der Waals surface area contributed by atoms with E-state index in [0.717, 1.165) is 15.9 Å². The maximum absolute atomic E-state index is 12.4. The van der Waals surface area contributed by atoms with Crippen LogP contribution >= 0.6 is 15.9 Å². The second-order valence-corrected chi connectivity index (χ2v) is 6.77. The standard InChI is InChI=1S/C21H19BrN2O3/c1-24-12-11-23-21(24)14-27-18-7-3-15(4-8-18)19(25)9-5-16-13-17(22)6-10-20(16)26-2/h3-13H,14H2,1-2H3/b9-5+. The van der Waals surface area contributed by atoms with Gasteiger partial charge in [0, 0.05) is 35.0 Å². The summed E-state index contributed by atoms with van der Waals surface area (Å²) in [5, 5.41) is 0.